The molecule has 0 spiro atoms. The highest BCUT2D eigenvalue weighted by Crippen LogP contribution is 2.19. The van der Waals surface area contributed by atoms with Gasteiger partial charge in [0.15, 0.2) is 0 Å². The standard InChI is InChI=1S/C16H32N2O2/c1-3-4-14(7-10-17)5-6-16(19)18(2)13-15-8-11-20-12-9-15/h14-15H,3-13,17H2,1-2H3. The van der Waals surface area contributed by atoms with Crippen LogP contribution in [0.25, 0.3) is 0 Å². The highest BCUT2D eigenvalue weighted by atomic mass is 16.5. The molecule has 0 aliphatic carbocycles. The van der Waals surface area contributed by atoms with Crippen molar-refractivity contribution in [1.82, 2.24) is 4.90 Å². The molecule has 0 bridgehead atoms. The maximum Gasteiger partial charge on any atom is 0.222 e. The fourth-order valence-corrected chi connectivity index (χ4v) is 3.01. The molecule has 1 saturated heterocycles. The van der Waals surface area contributed by atoms with E-state index in [1.807, 2.05) is 11.9 Å². The van der Waals surface area contributed by atoms with Gasteiger partial charge in [-0.3, -0.25) is 4.79 Å². The summed E-state index contributed by atoms with van der Waals surface area (Å²) >= 11 is 0. The van der Waals surface area contributed by atoms with E-state index >= 15 is 0 Å². The average molecular weight is 284 g/mol. The largest absolute Gasteiger partial charge is 0.381 e. The molecule has 1 fully saturated rings. The summed E-state index contributed by atoms with van der Waals surface area (Å²) in [7, 11) is 1.94. The number of nitrogens with zero attached hydrogens (tertiary/aromatic N) is 1. The lowest BCUT2D eigenvalue weighted by molar-refractivity contribution is -0.131. The maximum atomic E-state index is 12.2. The number of carbonyl (C=O) groups is 1. The summed E-state index contributed by atoms with van der Waals surface area (Å²) in [6.07, 6.45) is 7.24. The van der Waals surface area contributed by atoms with Gasteiger partial charge in [0, 0.05) is 33.2 Å². The first-order valence-corrected chi connectivity index (χ1v) is 8.19. The van der Waals surface area contributed by atoms with E-state index < -0.39 is 0 Å². The molecule has 1 amide bonds. The van der Waals surface area contributed by atoms with E-state index in [9.17, 15) is 4.79 Å². The Labute approximate surface area is 124 Å². The lowest BCUT2D eigenvalue weighted by atomic mass is 9.94. The Bertz CT molecular complexity index is 259. The summed E-state index contributed by atoms with van der Waals surface area (Å²) in [5, 5.41) is 0. The molecule has 2 N–H and O–H groups in total. The summed E-state index contributed by atoms with van der Waals surface area (Å²) < 4.78 is 5.36. The van der Waals surface area contributed by atoms with E-state index in [4.69, 9.17) is 10.5 Å². The van der Waals surface area contributed by atoms with Crippen LogP contribution in [0.3, 0.4) is 0 Å². The van der Waals surface area contributed by atoms with Crippen LogP contribution in [0, 0.1) is 11.8 Å². The number of ether oxygens (including phenoxy) is 1. The SMILES string of the molecule is CCCC(CCN)CCC(=O)N(C)CC1CCOCC1. The van der Waals surface area contributed by atoms with Gasteiger partial charge in [0.25, 0.3) is 0 Å². The Morgan fingerprint density at radius 2 is 2.00 bits per heavy atom. The second kappa shape index (κ2) is 10.2. The molecule has 118 valence electrons. The van der Waals surface area contributed by atoms with Crippen molar-refractivity contribution >= 4 is 5.91 Å². The highest BCUT2D eigenvalue weighted by molar-refractivity contribution is 5.75. The minimum absolute atomic E-state index is 0.287. The Kier molecular flexibility index (Phi) is 8.86. The predicted octanol–water partition coefficient (Wildman–Crippen LogP) is 2.42. The van der Waals surface area contributed by atoms with Gasteiger partial charge in [-0.2, -0.15) is 0 Å². The molecular formula is C16H32N2O2. The molecule has 0 saturated carbocycles. The molecule has 1 aliphatic rings. The van der Waals surface area contributed by atoms with Crippen LogP contribution in [0.2, 0.25) is 0 Å². The first-order chi connectivity index (χ1) is 9.67. The Hall–Kier alpha value is -0.610. The number of rotatable bonds is 9. The van der Waals surface area contributed by atoms with Crippen molar-refractivity contribution in [2.45, 2.75) is 51.9 Å². The molecule has 1 atom stereocenters. The number of amides is 1. The molecule has 0 aromatic heterocycles. The van der Waals surface area contributed by atoms with Crippen LogP contribution in [0.5, 0.6) is 0 Å². The monoisotopic (exact) mass is 284 g/mol. The quantitative estimate of drug-likeness (QED) is 0.707. The van der Waals surface area contributed by atoms with Crippen molar-refractivity contribution in [3.05, 3.63) is 0 Å². The van der Waals surface area contributed by atoms with Gasteiger partial charge in [-0.05, 0) is 44.1 Å². The number of hydrogen-bond donors (Lipinski definition) is 1. The summed E-state index contributed by atoms with van der Waals surface area (Å²) in [5.74, 6) is 1.52. The van der Waals surface area contributed by atoms with E-state index in [1.54, 1.807) is 0 Å². The predicted molar refractivity (Wildman–Crippen MR) is 82.5 cm³/mol. The minimum Gasteiger partial charge on any atom is -0.381 e. The molecule has 1 aliphatic heterocycles. The minimum atomic E-state index is 0.287. The fourth-order valence-electron chi connectivity index (χ4n) is 3.01. The number of hydrogen-bond acceptors (Lipinski definition) is 3. The summed E-state index contributed by atoms with van der Waals surface area (Å²) in [6, 6.07) is 0. The third kappa shape index (κ3) is 6.71. The summed E-state index contributed by atoms with van der Waals surface area (Å²) in [6.45, 7) is 5.51. The number of carbonyl (C=O) groups excluding carboxylic acids is 1. The Morgan fingerprint density at radius 1 is 1.30 bits per heavy atom. The Morgan fingerprint density at radius 3 is 2.60 bits per heavy atom. The summed E-state index contributed by atoms with van der Waals surface area (Å²) in [4.78, 5) is 14.1. The van der Waals surface area contributed by atoms with Gasteiger partial charge in [-0.25, -0.2) is 0 Å². The van der Waals surface area contributed by atoms with Crippen LogP contribution in [-0.2, 0) is 9.53 Å². The molecule has 4 nitrogen and oxygen atoms in total. The van der Waals surface area contributed by atoms with E-state index in [-0.39, 0.29) is 5.91 Å². The zero-order valence-electron chi connectivity index (χ0n) is 13.3. The van der Waals surface area contributed by atoms with E-state index in [1.165, 1.54) is 12.8 Å². The van der Waals surface area contributed by atoms with Crippen LogP contribution < -0.4 is 5.73 Å². The smallest absolute Gasteiger partial charge is 0.222 e. The molecule has 0 aromatic carbocycles. The van der Waals surface area contributed by atoms with Gasteiger partial charge in [-0.1, -0.05) is 19.8 Å². The van der Waals surface area contributed by atoms with Crippen molar-refractivity contribution in [3.8, 4) is 0 Å². The normalized spacial score (nSPS) is 17.9. The van der Waals surface area contributed by atoms with Gasteiger partial charge < -0.3 is 15.4 Å². The van der Waals surface area contributed by atoms with Gasteiger partial charge >= 0.3 is 0 Å². The highest BCUT2D eigenvalue weighted by Gasteiger charge is 2.19. The topological polar surface area (TPSA) is 55.6 Å². The van der Waals surface area contributed by atoms with Gasteiger partial charge in [0.2, 0.25) is 5.91 Å². The Balaban J connectivity index is 2.25. The lowest BCUT2D eigenvalue weighted by Gasteiger charge is -2.27. The molecule has 1 unspecified atom stereocenters. The van der Waals surface area contributed by atoms with E-state index in [2.05, 4.69) is 6.92 Å². The van der Waals surface area contributed by atoms with Crippen molar-refractivity contribution in [2.24, 2.45) is 17.6 Å². The van der Waals surface area contributed by atoms with Gasteiger partial charge in [-0.15, -0.1) is 0 Å². The fraction of sp³-hybridized carbons (Fsp3) is 0.938. The van der Waals surface area contributed by atoms with Crippen LogP contribution >= 0.6 is 0 Å². The molecule has 0 radical (unpaired) electrons. The van der Waals surface area contributed by atoms with Gasteiger partial charge in [0.05, 0.1) is 0 Å². The molecule has 1 heterocycles. The zero-order chi connectivity index (χ0) is 14.8. The van der Waals surface area contributed by atoms with Gasteiger partial charge in [0.1, 0.15) is 0 Å². The molecule has 20 heavy (non-hydrogen) atoms. The van der Waals surface area contributed by atoms with Crippen molar-refractivity contribution < 1.29 is 9.53 Å². The zero-order valence-corrected chi connectivity index (χ0v) is 13.3. The van der Waals surface area contributed by atoms with Crippen LogP contribution in [0.1, 0.15) is 51.9 Å². The van der Waals surface area contributed by atoms with Crippen LogP contribution in [-0.4, -0.2) is 44.2 Å². The third-order valence-electron chi connectivity index (χ3n) is 4.34. The molecule has 0 aromatic rings. The third-order valence-corrected chi connectivity index (χ3v) is 4.34. The van der Waals surface area contributed by atoms with E-state index in [0.29, 0.717) is 18.3 Å². The maximum absolute atomic E-state index is 12.2. The summed E-state index contributed by atoms with van der Waals surface area (Å²) in [5.41, 5.74) is 5.64. The van der Waals surface area contributed by atoms with Crippen molar-refractivity contribution in [2.75, 3.05) is 33.4 Å². The van der Waals surface area contributed by atoms with E-state index in [0.717, 1.165) is 52.0 Å². The molecule has 1 rings (SSSR count). The first-order valence-electron chi connectivity index (χ1n) is 8.19. The number of nitrogens with two attached hydrogens (primary N) is 1. The second-order valence-electron chi connectivity index (χ2n) is 6.10. The van der Waals surface area contributed by atoms with Crippen molar-refractivity contribution in [1.29, 1.82) is 0 Å². The lowest BCUT2D eigenvalue weighted by Crippen LogP contribution is -2.34. The second-order valence-corrected chi connectivity index (χ2v) is 6.10. The van der Waals surface area contributed by atoms with Crippen molar-refractivity contribution in [3.63, 3.8) is 0 Å². The van der Waals surface area contributed by atoms with Crippen LogP contribution in [0.15, 0.2) is 0 Å². The molecular weight excluding hydrogens is 252 g/mol. The first kappa shape index (κ1) is 17.4. The average Bonchev–Trinajstić information content (AvgIpc) is 2.46. The molecule has 4 heteroatoms. The van der Waals surface area contributed by atoms with Crippen LogP contribution in [0.4, 0.5) is 0 Å².